The molecule has 5 nitrogen and oxygen atoms in total. The van der Waals surface area contributed by atoms with E-state index in [2.05, 4.69) is 30.5 Å². The van der Waals surface area contributed by atoms with Crippen molar-refractivity contribution in [3.63, 3.8) is 0 Å². The predicted molar refractivity (Wildman–Crippen MR) is 158 cm³/mol. The lowest BCUT2D eigenvalue weighted by molar-refractivity contribution is 0.193. The number of rotatable bonds is 27. The molecule has 0 atom stereocenters. The van der Waals surface area contributed by atoms with Gasteiger partial charge in [-0.25, -0.2) is 4.57 Å². The Balaban J connectivity index is 0. The molecule has 0 bridgehead atoms. The molecule has 6 heteroatoms. The van der Waals surface area contributed by atoms with Crippen molar-refractivity contribution in [2.75, 3.05) is 13.2 Å². The van der Waals surface area contributed by atoms with E-state index in [1.54, 1.807) is 0 Å². The van der Waals surface area contributed by atoms with Gasteiger partial charge in [-0.15, -0.1) is 0 Å². The molecule has 0 amide bonds. The molecule has 36 heavy (non-hydrogen) atoms. The minimum absolute atomic E-state index is 0.164. The van der Waals surface area contributed by atoms with Crippen molar-refractivity contribution in [3.05, 3.63) is 12.2 Å². The molecule has 218 valence electrons. The predicted octanol–water partition coefficient (Wildman–Crippen LogP) is 10.00. The van der Waals surface area contributed by atoms with Crippen molar-refractivity contribution in [1.82, 2.24) is 0 Å². The van der Waals surface area contributed by atoms with Gasteiger partial charge in [-0.3, -0.25) is 4.52 Å². The van der Waals surface area contributed by atoms with E-state index in [0.29, 0.717) is 0 Å². The monoisotopic (exact) mass is 533 g/mol. The zero-order chi connectivity index (χ0) is 27.0. The van der Waals surface area contributed by atoms with Gasteiger partial charge in [-0.1, -0.05) is 142 Å². The minimum Gasteiger partial charge on any atom is -0.330 e. The normalized spacial score (nSPS) is 11.7. The van der Waals surface area contributed by atoms with Crippen LogP contribution in [0, 0.1) is 0 Å². The maximum absolute atomic E-state index is 10.5. The average Bonchev–Trinajstić information content (AvgIpc) is 2.84. The first-order chi connectivity index (χ1) is 17.5. The second kappa shape index (κ2) is 32.8. The maximum Gasteiger partial charge on any atom is 0.469 e. The number of allylic oxidation sites excluding steroid dienone is 2. The van der Waals surface area contributed by atoms with Crippen LogP contribution in [0.25, 0.3) is 0 Å². The van der Waals surface area contributed by atoms with Gasteiger partial charge in [0.25, 0.3) is 0 Å². The van der Waals surface area contributed by atoms with E-state index in [1.165, 1.54) is 135 Å². The molecule has 0 aliphatic rings. The Hall–Kier alpha value is -0.190. The molecule has 0 fully saturated rings. The molecule has 0 spiro atoms. The Morgan fingerprint density at radius 2 is 0.889 bits per heavy atom. The van der Waals surface area contributed by atoms with E-state index in [1.807, 2.05) is 0 Å². The van der Waals surface area contributed by atoms with Crippen molar-refractivity contribution in [3.8, 4) is 0 Å². The van der Waals surface area contributed by atoms with Crippen molar-refractivity contribution in [1.29, 1.82) is 0 Å². The van der Waals surface area contributed by atoms with E-state index in [-0.39, 0.29) is 6.61 Å². The van der Waals surface area contributed by atoms with Crippen LogP contribution in [0.2, 0.25) is 0 Å². The van der Waals surface area contributed by atoms with Crippen LogP contribution in [0.3, 0.4) is 0 Å². The fourth-order valence-corrected chi connectivity index (χ4v) is 4.53. The highest BCUT2D eigenvalue weighted by Crippen LogP contribution is 2.35. The van der Waals surface area contributed by atoms with Crippen LogP contribution in [0.4, 0.5) is 0 Å². The highest BCUT2D eigenvalue weighted by molar-refractivity contribution is 7.46. The molecular formula is C30H64NO4P. The second-order valence-corrected chi connectivity index (χ2v) is 11.5. The molecule has 0 saturated heterocycles. The zero-order valence-electron chi connectivity index (χ0n) is 24.3. The summed E-state index contributed by atoms with van der Waals surface area (Å²) in [4.78, 5) is 17.1. The van der Waals surface area contributed by atoms with Gasteiger partial charge in [0.1, 0.15) is 0 Å². The van der Waals surface area contributed by atoms with E-state index in [0.717, 1.165) is 25.8 Å². The SMILES string of the molecule is CCCCCCCC/C=C\CCCCCCCCCCCCOP(=O)(O)O.CCCCCCCCN. The summed E-state index contributed by atoms with van der Waals surface area (Å²) in [6.45, 7) is 5.54. The first-order valence-electron chi connectivity index (χ1n) is 15.5. The highest BCUT2D eigenvalue weighted by Gasteiger charge is 2.12. The summed E-state index contributed by atoms with van der Waals surface area (Å²) in [6, 6.07) is 0. The molecule has 0 aliphatic heterocycles. The van der Waals surface area contributed by atoms with E-state index < -0.39 is 7.82 Å². The lowest BCUT2D eigenvalue weighted by Crippen LogP contribution is -1.97. The first kappa shape index (κ1) is 38.0. The number of phosphoric ester groups is 1. The fourth-order valence-electron chi connectivity index (χ4n) is 4.16. The standard InChI is InChI=1S/C22H45O4P.C8H19N/c1-2-3-4-5-6-7-8-9-10-11-12-13-14-15-16-17-18-19-20-21-22-26-27(23,24)25;1-2-3-4-5-6-7-8-9/h9-10H,2-8,11-22H2,1H3,(H2,23,24,25);2-9H2,1H3/b10-9-;. The molecule has 0 saturated carbocycles. The summed E-state index contributed by atoms with van der Waals surface area (Å²) in [5.74, 6) is 0. The van der Waals surface area contributed by atoms with Gasteiger partial charge in [-0.2, -0.15) is 0 Å². The minimum atomic E-state index is -4.26. The van der Waals surface area contributed by atoms with Crippen LogP contribution in [0.1, 0.15) is 168 Å². The third-order valence-electron chi connectivity index (χ3n) is 6.47. The van der Waals surface area contributed by atoms with Crippen LogP contribution in [-0.4, -0.2) is 22.9 Å². The van der Waals surface area contributed by atoms with Crippen molar-refractivity contribution in [2.24, 2.45) is 5.73 Å². The summed E-state index contributed by atoms with van der Waals surface area (Å²) in [5, 5.41) is 0. The molecule has 0 radical (unpaired) electrons. The van der Waals surface area contributed by atoms with Gasteiger partial charge in [0.05, 0.1) is 6.61 Å². The quantitative estimate of drug-likeness (QED) is 0.0555. The highest BCUT2D eigenvalue weighted by atomic mass is 31.2. The Labute approximate surface area is 225 Å². The van der Waals surface area contributed by atoms with E-state index >= 15 is 0 Å². The lowest BCUT2D eigenvalue weighted by atomic mass is 10.1. The van der Waals surface area contributed by atoms with Crippen LogP contribution >= 0.6 is 7.82 Å². The Morgan fingerprint density at radius 1 is 0.556 bits per heavy atom. The third-order valence-corrected chi connectivity index (χ3v) is 6.99. The molecule has 0 aliphatic carbocycles. The topological polar surface area (TPSA) is 92.8 Å². The first-order valence-corrected chi connectivity index (χ1v) is 17.1. The molecular weight excluding hydrogens is 469 g/mol. The van der Waals surface area contributed by atoms with Gasteiger partial charge < -0.3 is 15.5 Å². The lowest BCUT2D eigenvalue weighted by Gasteiger charge is -2.05. The van der Waals surface area contributed by atoms with Gasteiger partial charge in [0.2, 0.25) is 0 Å². The molecule has 0 aromatic heterocycles. The van der Waals surface area contributed by atoms with Gasteiger partial charge in [0.15, 0.2) is 0 Å². The summed E-state index contributed by atoms with van der Waals surface area (Å²) in [7, 11) is -4.26. The maximum atomic E-state index is 10.5. The van der Waals surface area contributed by atoms with Crippen LogP contribution in [-0.2, 0) is 9.09 Å². The van der Waals surface area contributed by atoms with Gasteiger partial charge >= 0.3 is 7.82 Å². The van der Waals surface area contributed by atoms with Crippen LogP contribution < -0.4 is 5.73 Å². The Bertz CT molecular complexity index is 462. The average molecular weight is 534 g/mol. The molecule has 4 N–H and O–H groups in total. The van der Waals surface area contributed by atoms with Crippen LogP contribution in [0.5, 0.6) is 0 Å². The molecule has 0 heterocycles. The smallest absolute Gasteiger partial charge is 0.330 e. The molecule has 0 aromatic carbocycles. The zero-order valence-corrected chi connectivity index (χ0v) is 25.2. The number of nitrogens with two attached hydrogens (primary N) is 1. The third kappa shape index (κ3) is 41.0. The molecule has 0 rings (SSSR count). The van der Waals surface area contributed by atoms with Crippen LogP contribution in [0.15, 0.2) is 12.2 Å². The van der Waals surface area contributed by atoms with Crippen molar-refractivity contribution >= 4 is 7.82 Å². The number of unbranched alkanes of at least 4 members (excludes halogenated alkanes) is 21. The number of hydrogen-bond acceptors (Lipinski definition) is 3. The van der Waals surface area contributed by atoms with Gasteiger partial charge in [0, 0.05) is 0 Å². The fraction of sp³-hybridized carbons (Fsp3) is 0.933. The summed E-state index contributed by atoms with van der Waals surface area (Å²) in [5.41, 5.74) is 5.34. The Kier molecular flexibility index (Phi) is 34.6. The summed E-state index contributed by atoms with van der Waals surface area (Å²) >= 11 is 0. The summed E-state index contributed by atoms with van der Waals surface area (Å²) in [6.07, 6.45) is 35.6. The molecule has 0 aromatic rings. The Morgan fingerprint density at radius 3 is 1.25 bits per heavy atom. The largest absolute Gasteiger partial charge is 0.469 e. The molecule has 0 unspecified atom stereocenters. The van der Waals surface area contributed by atoms with Gasteiger partial charge in [-0.05, 0) is 45.1 Å². The van der Waals surface area contributed by atoms with Crippen molar-refractivity contribution < 1.29 is 18.9 Å². The number of phosphoric acid groups is 1. The second-order valence-electron chi connectivity index (χ2n) is 10.2. The van der Waals surface area contributed by atoms with E-state index in [4.69, 9.17) is 15.5 Å². The summed E-state index contributed by atoms with van der Waals surface area (Å²) < 4.78 is 14.9. The number of hydrogen-bond donors (Lipinski definition) is 3. The van der Waals surface area contributed by atoms with Crippen molar-refractivity contribution in [2.45, 2.75) is 168 Å². The van der Waals surface area contributed by atoms with E-state index in [9.17, 15) is 4.57 Å².